The summed E-state index contributed by atoms with van der Waals surface area (Å²) in [4.78, 5) is 16.7. The summed E-state index contributed by atoms with van der Waals surface area (Å²) in [6.45, 7) is 6.92. The van der Waals surface area contributed by atoms with Gasteiger partial charge in [-0.1, -0.05) is 44.5 Å². The van der Waals surface area contributed by atoms with E-state index in [1.807, 2.05) is 19.1 Å². The lowest BCUT2D eigenvalue weighted by Crippen LogP contribution is -2.35. The van der Waals surface area contributed by atoms with E-state index in [1.165, 1.54) is 29.4 Å². The molecule has 0 fully saturated rings. The molecule has 0 spiro atoms. The van der Waals surface area contributed by atoms with Gasteiger partial charge in [0.2, 0.25) is 5.17 Å². The summed E-state index contributed by atoms with van der Waals surface area (Å²) in [6, 6.07) is 11.4. The summed E-state index contributed by atoms with van der Waals surface area (Å²) >= 11 is 7.81. The number of rotatable bonds is 10. The minimum absolute atomic E-state index is 0.0318. The van der Waals surface area contributed by atoms with Crippen LogP contribution in [0.25, 0.3) is 6.08 Å². The highest BCUT2D eigenvalue weighted by atomic mass is 35.5. The number of ether oxygens (including phenoxy) is 3. The molecule has 8 nitrogen and oxygen atoms in total. The van der Waals surface area contributed by atoms with E-state index in [9.17, 15) is 4.79 Å². The normalized spacial score (nSPS) is 16.9. The third kappa shape index (κ3) is 5.99. The van der Waals surface area contributed by atoms with Crippen LogP contribution in [-0.4, -0.2) is 47.3 Å². The van der Waals surface area contributed by atoms with Gasteiger partial charge in [-0.05, 0) is 72.0 Å². The number of aliphatic imine (C=N–C) groups is 1. The van der Waals surface area contributed by atoms with Gasteiger partial charge in [-0.3, -0.25) is 10.2 Å². The Hall–Kier alpha value is -3.30. The fourth-order valence-electron chi connectivity index (χ4n) is 3.74. The van der Waals surface area contributed by atoms with Gasteiger partial charge in [-0.15, -0.1) is 0 Å². The molecule has 37 heavy (non-hydrogen) atoms. The Balaban J connectivity index is 1.43. The third-order valence-electron chi connectivity index (χ3n) is 6.02. The molecule has 0 saturated carbocycles. The van der Waals surface area contributed by atoms with Crippen molar-refractivity contribution in [1.29, 1.82) is 5.41 Å². The van der Waals surface area contributed by atoms with Crippen molar-refractivity contribution in [3.63, 3.8) is 0 Å². The van der Waals surface area contributed by atoms with Gasteiger partial charge in [0.05, 0.1) is 17.7 Å². The molecule has 0 bridgehead atoms. The van der Waals surface area contributed by atoms with Crippen molar-refractivity contribution >= 4 is 51.4 Å². The van der Waals surface area contributed by atoms with E-state index >= 15 is 0 Å². The van der Waals surface area contributed by atoms with Gasteiger partial charge in [0.1, 0.15) is 24.0 Å². The Morgan fingerprint density at radius 3 is 2.57 bits per heavy atom. The number of carbonyl (C=O) groups excluding carboxylic acids is 1. The maximum Gasteiger partial charge on any atom is 0.283 e. The zero-order valence-electron chi connectivity index (χ0n) is 21.2. The maximum absolute atomic E-state index is 12.6. The second kappa shape index (κ2) is 11.8. The van der Waals surface area contributed by atoms with E-state index in [4.69, 9.17) is 31.2 Å². The Bertz CT molecular complexity index is 1290. The summed E-state index contributed by atoms with van der Waals surface area (Å²) in [5.41, 5.74) is 1.97. The molecule has 194 valence electrons. The minimum atomic E-state index is -0.499. The van der Waals surface area contributed by atoms with Crippen LogP contribution in [0.2, 0.25) is 5.02 Å². The van der Waals surface area contributed by atoms with Gasteiger partial charge in [0.25, 0.3) is 5.91 Å². The minimum Gasteiger partial charge on any atom is -0.493 e. The fourth-order valence-corrected chi connectivity index (χ4v) is 4.83. The molecule has 0 aromatic heterocycles. The lowest BCUT2D eigenvalue weighted by Gasteiger charge is -2.20. The molecule has 2 aliphatic heterocycles. The van der Waals surface area contributed by atoms with Crippen LogP contribution < -0.4 is 14.2 Å². The monoisotopic (exact) mass is 540 g/mol. The molecule has 2 aliphatic rings. The van der Waals surface area contributed by atoms with Crippen molar-refractivity contribution in [2.75, 3.05) is 20.3 Å². The van der Waals surface area contributed by atoms with E-state index in [0.29, 0.717) is 46.2 Å². The van der Waals surface area contributed by atoms with Crippen LogP contribution in [0.3, 0.4) is 0 Å². The van der Waals surface area contributed by atoms with Crippen LogP contribution in [0.4, 0.5) is 0 Å². The van der Waals surface area contributed by atoms with Gasteiger partial charge in [0, 0.05) is 0 Å². The molecule has 1 amide bonds. The number of hydrogen-bond donors (Lipinski definition) is 1. The lowest BCUT2D eigenvalue weighted by atomic mass is 9.99. The van der Waals surface area contributed by atoms with E-state index in [0.717, 1.165) is 17.2 Å². The quantitative estimate of drug-likeness (QED) is 0.278. The zero-order chi connectivity index (χ0) is 26.5. The number of amides is 1. The average Bonchev–Trinajstić information content (AvgIpc) is 3.32. The molecule has 0 radical (unpaired) electrons. The van der Waals surface area contributed by atoms with Gasteiger partial charge in [-0.25, -0.2) is 0 Å². The van der Waals surface area contributed by atoms with Crippen LogP contribution in [0.1, 0.15) is 50.7 Å². The molecule has 10 heteroatoms. The Labute approximate surface area is 225 Å². The molecular formula is C27H29ClN4O4S. The van der Waals surface area contributed by atoms with Crippen LogP contribution in [0.15, 0.2) is 52.1 Å². The predicted octanol–water partition coefficient (Wildman–Crippen LogP) is 6.35. The number of amidine groups is 2. The van der Waals surface area contributed by atoms with Crippen LogP contribution in [0.5, 0.6) is 17.2 Å². The van der Waals surface area contributed by atoms with Crippen LogP contribution in [0, 0.1) is 5.41 Å². The van der Waals surface area contributed by atoms with E-state index < -0.39 is 5.91 Å². The lowest BCUT2D eigenvalue weighted by molar-refractivity contribution is -0.114. The summed E-state index contributed by atoms with van der Waals surface area (Å²) in [7, 11) is 1.51. The van der Waals surface area contributed by atoms with Crippen molar-refractivity contribution in [3.8, 4) is 17.2 Å². The van der Waals surface area contributed by atoms with Gasteiger partial charge < -0.3 is 14.2 Å². The van der Waals surface area contributed by atoms with Crippen LogP contribution >= 0.6 is 23.4 Å². The molecule has 0 aliphatic carbocycles. The van der Waals surface area contributed by atoms with E-state index in [2.05, 4.69) is 36.1 Å². The van der Waals surface area contributed by atoms with Gasteiger partial charge in [0.15, 0.2) is 17.3 Å². The summed E-state index contributed by atoms with van der Waals surface area (Å²) < 4.78 is 17.2. The molecule has 4 rings (SSSR count). The summed E-state index contributed by atoms with van der Waals surface area (Å²) in [5.74, 6) is 1.53. The first-order valence-corrected chi connectivity index (χ1v) is 13.3. The number of methoxy groups -OCH3 is 1. The standard InChI is InChI=1S/C27H29ClN4O4S/c1-5-16(3)18-7-9-19(10-8-18)35-11-12-36-24-21(28)14-17(15-22(24)34-4)13-20-25(29)32-27(30-26(20)33)37-23(6-2)31-32/h7-10,13-16,29H,5-6,11-12H2,1-4H3/b20-13-,29-25?/t16-/m0/s1. The van der Waals surface area contributed by atoms with E-state index in [1.54, 1.807) is 18.2 Å². The third-order valence-corrected chi connectivity index (χ3v) is 7.36. The summed E-state index contributed by atoms with van der Waals surface area (Å²) in [6.07, 6.45) is 3.34. The van der Waals surface area contributed by atoms with Crippen molar-refractivity contribution in [1.82, 2.24) is 5.01 Å². The first kappa shape index (κ1) is 26.8. The predicted molar refractivity (Wildman–Crippen MR) is 149 cm³/mol. The molecule has 2 heterocycles. The number of fused-ring (bicyclic) bond motifs is 1. The van der Waals surface area contributed by atoms with Gasteiger partial charge >= 0.3 is 0 Å². The van der Waals surface area contributed by atoms with Crippen molar-refractivity contribution in [2.45, 2.75) is 39.5 Å². The highest BCUT2D eigenvalue weighted by molar-refractivity contribution is 8.26. The number of hydrogen-bond acceptors (Lipinski definition) is 7. The first-order chi connectivity index (χ1) is 17.8. The maximum atomic E-state index is 12.6. The number of nitrogens with zero attached hydrogens (tertiary/aromatic N) is 3. The Morgan fingerprint density at radius 1 is 1.16 bits per heavy atom. The molecule has 0 saturated heterocycles. The second-order valence-electron chi connectivity index (χ2n) is 8.48. The molecule has 2 aromatic carbocycles. The van der Waals surface area contributed by atoms with Crippen molar-refractivity contribution < 1.29 is 19.0 Å². The zero-order valence-corrected chi connectivity index (χ0v) is 22.8. The SMILES string of the molecule is CCC1=NN2C(=N)/C(=C/c3cc(Cl)c(OCCOc4ccc([C@@H](C)CC)cc4)c(OC)c3)C(=O)N=C2S1. The van der Waals surface area contributed by atoms with Crippen molar-refractivity contribution in [3.05, 3.63) is 58.1 Å². The summed E-state index contributed by atoms with van der Waals surface area (Å²) in [5, 5.41) is 15.7. The first-order valence-electron chi connectivity index (χ1n) is 12.1. The second-order valence-corrected chi connectivity index (χ2v) is 9.92. The number of thioether (sulfide) groups is 1. The van der Waals surface area contributed by atoms with Crippen LogP contribution in [-0.2, 0) is 4.79 Å². The van der Waals surface area contributed by atoms with Crippen molar-refractivity contribution in [2.24, 2.45) is 10.1 Å². The number of benzene rings is 2. The smallest absolute Gasteiger partial charge is 0.283 e. The largest absolute Gasteiger partial charge is 0.493 e. The molecule has 0 unspecified atom stereocenters. The molecule has 1 N–H and O–H groups in total. The molecular weight excluding hydrogens is 512 g/mol. The highest BCUT2D eigenvalue weighted by Gasteiger charge is 2.35. The van der Waals surface area contributed by atoms with E-state index in [-0.39, 0.29) is 18.0 Å². The highest BCUT2D eigenvalue weighted by Crippen LogP contribution is 2.38. The Kier molecular flexibility index (Phi) is 8.56. The fraction of sp³-hybridized carbons (Fsp3) is 0.333. The molecule has 2 aromatic rings. The Morgan fingerprint density at radius 2 is 1.89 bits per heavy atom. The number of halogens is 1. The number of carbonyl (C=O) groups is 1. The van der Waals surface area contributed by atoms with Gasteiger partial charge in [-0.2, -0.15) is 15.1 Å². The average molecular weight is 541 g/mol. The topological polar surface area (TPSA) is 96.6 Å². The number of nitrogens with one attached hydrogen (secondary N) is 1. The molecule has 1 atom stereocenters. The number of hydrazone groups is 1.